The maximum absolute atomic E-state index is 13.9. The standard InChI is InChI=1S/C18H22FN3O3S/c1-13(23)21-18-9-8-16(12-17(18)19)26(24,25)20-11-10-14-4-6-15(7-5-14)22(2)3/h4-9,12,20H,10-11H2,1-3H3,(H,21,23). The van der Waals surface area contributed by atoms with Gasteiger partial charge in [0.2, 0.25) is 15.9 Å². The van der Waals surface area contributed by atoms with Crippen LogP contribution in [-0.4, -0.2) is 35.0 Å². The highest BCUT2D eigenvalue weighted by Gasteiger charge is 2.16. The molecule has 6 nitrogen and oxygen atoms in total. The van der Waals surface area contributed by atoms with Crippen LogP contribution in [0.4, 0.5) is 15.8 Å². The average molecular weight is 379 g/mol. The van der Waals surface area contributed by atoms with Gasteiger partial charge in [-0.05, 0) is 42.3 Å². The molecule has 2 rings (SSSR count). The van der Waals surface area contributed by atoms with Crippen molar-refractivity contribution in [3.8, 4) is 0 Å². The van der Waals surface area contributed by atoms with E-state index in [2.05, 4.69) is 10.0 Å². The number of carbonyl (C=O) groups excluding carboxylic acids is 1. The predicted molar refractivity (Wildman–Crippen MR) is 100 cm³/mol. The highest BCUT2D eigenvalue weighted by atomic mass is 32.2. The Kier molecular flexibility index (Phi) is 6.33. The number of carbonyl (C=O) groups is 1. The van der Waals surface area contributed by atoms with E-state index in [0.29, 0.717) is 6.42 Å². The first kappa shape index (κ1) is 19.9. The number of hydrogen-bond donors (Lipinski definition) is 2. The number of anilines is 2. The fraction of sp³-hybridized carbons (Fsp3) is 0.278. The van der Waals surface area contributed by atoms with Crippen molar-refractivity contribution in [2.75, 3.05) is 30.9 Å². The third-order valence-electron chi connectivity index (χ3n) is 3.72. The largest absolute Gasteiger partial charge is 0.378 e. The number of nitrogens with zero attached hydrogens (tertiary/aromatic N) is 1. The van der Waals surface area contributed by atoms with Crippen molar-refractivity contribution < 1.29 is 17.6 Å². The van der Waals surface area contributed by atoms with Gasteiger partial charge in [0.1, 0.15) is 5.82 Å². The fourth-order valence-corrected chi connectivity index (χ4v) is 3.37. The molecule has 0 aromatic heterocycles. The van der Waals surface area contributed by atoms with Gasteiger partial charge >= 0.3 is 0 Å². The second kappa shape index (κ2) is 8.29. The van der Waals surface area contributed by atoms with Gasteiger partial charge in [0.15, 0.2) is 0 Å². The molecule has 26 heavy (non-hydrogen) atoms. The minimum atomic E-state index is -3.83. The van der Waals surface area contributed by atoms with Crippen LogP contribution in [0.5, 0.6) is 0 Å². The number of rotatable bonds is 7. The summed E-state index contributed by atoms with van der Waals surface area (Å²) < 4.78 is 40.9. The van der Waals surface area contributed by atoms with Gasteiger partial charge in [-0.15, -0.1) is 0 Å². The zero-order chi connectivity index (χ0) is 19.3. The SMILES string of the molecule is CC(=O)Nc1ccc(S(=O)(=O)NCCc2ccc(N(C)C)cc2)cc1F. The lowest BCUT2D eigenvalue weighted by atomic mass is 10.1. The van der Waals surface area contributed by atoms with Crippen LogP contribution < -0.4 is 14.9 Å². The molecule has 0 radical (unpaired) electrons. The molecule has 8 heteroatoms. The third-order valence-corrected chi connectivity index (χ3v) is 5.18. The Morgan fingerprint density at radius 3 is 2.31 bits per heavy atom. The van der Waals surface area contributed by atoms with Crippen LogP contribution in [0.1, 0.15) is 12.5 Å². The van der Waals surface area contributed by atoms with E-state index in [1.807, 2.05) is 43.3 Å². The van der Waals surface area contributed by atoms with Crippen molar-refractivity contribution in [3.05, 3.63) is 53.8 Å². The maximum atomic E-state index is 13.9. The van der Waals surface area contributed by atoms with Crippen LogP contribution in [0, 0.1) is 5.82 Å². The lowest BCUT2D eigenvalue weighted by molar-refractivity contribution is -0.114. The molecule has 0 fully saturated rings. The third kappa shape index (κ3) is 5.27. The summed E-state index contributed by atoms with van der Waals surface area (Å²) in [4.78, 5) is 12.8. The van der Waals surface area contributed by atoms with Crippen LogP contribution in [0.25, 0.3) is 0 Å². The summed E-state index contributed by atoms with van der Waals surface area (Å²) in [6.45, 7) is 1.44. The van der Waals surface area contributed by atoms with Gasteiger partial charge < -0.3 is 10.2 Å². The monoisotopic (exact) mass is 379 g/mol. The molecule has 0 spiro atoms. The molecule has 2 aromatic carbocycles. The molecule has 0 saturated carbocycles. The molecular formula is C18H22FN3O3S. The molecule has 0 aliphatic carbocycles. The molecule has 1 amide bonds. The van der Waals surface area contributed by atoms with Crippen LogP contribution >= 0.6 is 0 Å². The van der Waals surface area contributed by atoms with Crippen molar-refractivity contribution in [2.24, 2.45) is 0 Å². The van der Waals surface area contributed by atoms with Crippen LogP contribution in [-0.2, 0) is 21.2 Å². The van der Waals surface area contributed by atoms with E-state index >= 15 is 0 Å². The number of nitrogens with one attached hydrogen (secondary N) is 2. The second-order valence-corrected chi connectivity index (χ2v) is 7.80. The summed E-state index contributed by atoms with van der Waals surface area (Å²) in [7, 11) is 0.0572. The van der Waals surface area contributed by atoms with Gasteiger partial charge in [0.05, 0.1) is 10.6 Å². The summed E-state index contributed by atoms with van der Waals surface area (Å²) in [5, 5.41) is 2.30. The number of sulfonamides is 1. The molecule has 0 aliphatic heterocycles. The van der Waals surface area contributed by atoms with Crippen molar-refractivity contribution in [1.29, 1.82) is 0 Å². The highest BCUT2D eigenvalue weighted by Crippen LogP contribution is 2.19. The Balaban J connectivity index is 2.00. The summed E-state index contributed by atoms with van der Waals surface area (Å²) in [6, 6.07) is 11.2. The van der Waals surface area contributed by atoms with Crippen LogP contribution in [0.2, 0.25) is 0 Å². The van der Waals surface area contributed by atoms with Gasteiger partial charge in [-0.2, -0.15) is 0 Å². The smallest absolute Gasteiger partial charge is 0.240 e. The fourth-order valence-electron chi connectivity index (χ4n) is 2.33. The first-order valence-corrected chi connectivity index (χ1v) is 9.50. The topological polar surface area (TPSA) is 78.5 Å². The van der Waals surface area contributed by atoms with E-state index in [1.54, 1.807) is 0 Å². The van der Waals surface area contributed by atoms with Gasteiger partial charge in [-0.3, -0.25) is 4.79 Å². The highest BCUT2D eigenvalue weighted by molar-refractivity contribution is 7.89. The zero-order valence-electron chi connectivity index (χ0n) is 14.9. The first-order valence-electron chi connectivity index (χ1n) is 8.02. The van der Waals surface area contributed by atoms with Crippen LogP contribution in [0.3, 0.4) is 0 Å². The minimum Gasteiger partial charge on any atom is -0.378 e. The maximum Gasteiger partial charge on any atom is 0.240 e. The van der Waals surface area contributed by atoms with E-state index in [1.165, 1.54) is 19.1 Å². The van der Waals surface area contributed by atoms with E-state index in [0.717, 1.165) is 17.3 Å². The second-order valence-electron chi connectivity index (χ2n) is 6.03. The summed E-state index contributed by atoms with van der Waals surface area (Å²) in [6.07, 6.45) is 0.513. The molecule has 140 valence electrons. The predicted octanol–water partition coefficient (Wildman–Crippen LogP) is 2.37. The molecule has 0 unspecified atom stereocenters. The molecule has 2 N–H and O–H groups in total. The molecular weight excluding hydrogens is 357 g/mol. The lowest BCUT2D eigenvalue weighted by Gasteiger charge is -2.13. The first-order chi connectivity index (χ1) is 12.2. The average Bonchev–Trinajstić information content (AvgIpc) is 2.56. The zero-order valence-corrected chi connectivity index (χ0v) is 15.7. The molecule has 0 atom stereocenters. The van der Waals surface area contributed by atoms with Gasteiger partial charge in [-0.25, -0.2) is 17.5 Å². The lowest BCUT2D eigenvalue weighted by Crippen LogP contribution is -2.26. The van der Waals surface area contributed by atoms with E-state index < -0.39 is 21.7 Å². The molecule has 0 bridgehead atoms. The Bertz CT molecular complexity index is 881. The Hall–Kier alpha value is -2.45. The Morgan fingerprint density at radius 1 is 1.12 bits per heavy atom. The van der Waals surface area contributed by atoms with E-state index in [4.69, 9.17) is 0 Å². The van der Waals surface area contributed by atoms with Crippen molar-refractivity contribution in [1.82, 2.24) is 4.72 Å². The van der Waals surface area contributed by atoms with Crippen molar-refractivity contribution in [3.63, 3.8) is 0 Å². The van der Waals surface area contributed by atoms with Crippen LogP contribution in [0.15, 0.2) is 47.4 Å². The van der Waals surface area contributed by atoms with Gasteiger partial charge in [0, 0.05) is 33.3 Å². The molecule has 2 aromatic rings. The molecule has 0 heterocycles. The number of hydrogen-bond acceptors (Lipinski definition) is 4. The number of halogens is 1. The van der Waals surface area contributed by atoms with Gasteiger partial charge in [-0.1, -0.05) is 12.1 Å². The minimum absolute atomic E-state index is 0.0579. The van der Waals surface area contributed by atoms with Crippen molar-refractivity contribution in [2.45, 2.75) is 18.2 Å². The molecule has 0 saturated heterocycles. The van der Waals surface area contributed by atoms with E-state index in [9.17, 15) is 17.6 Å². The quantitative estimate of drug-likeness (QED) is 0.774. The van der Waals surface area contributed by atoms with Crippen molar-refractivity contribution >= 4 is 27.3 Å². The van der Waals surface area contributed by atoms with E-state index in [-0.39, 0.29) is 17.1 Å². The summed E-state index contributed by atoms with van der Waals surface area (Å²) >= 11 is 0. The summed E-state index contributed by atoms with van der Waals surface area (Å²) in [5.74, 6) is -1.24. The Morgan fingerprint density at radius 2 is 1.77 bits per heavy atom. The normalized spacial score (nSPS) is 11.2. The van der Waals surface area contributed by atoms with Gasteiger partial charge in [0.25, 0.3) is 0 Å². The Labute approximate surface area is 153 Å². The number of amides is 1. The summed E-state index contributed by atoms with van der Waals surface area (Å²) in [5.41, 5.74) is 1.99. The number of benzene rings is 2. The molecule has 0 aliphatic rings.